The first-order valence-electron chi connectivity index (χ1n) is 3.86. The largest absolute Gasteiger partial charge is 0.462 e. The van der Waals surface area contributed by atoms with Gasteiger partial charge in [-0.2, -0.15) is 13.2 Å². The number of esters is 1. The third kappa shape index (κ3) is 6.64. The van der Waals surface area contributed by atoms with E-state index in [0.29, 0.717) is 0 Å². The van der Waals surface area contributed by atoms with Crippen LogP contribution in [0.5, 0.6) is 0 Å². The van der Waals surface area contributed by atoms with Gasteiger partial charge in [0.1, 0.15) is 0 Å². The van der Waals surface area contributed by atoms with Crippen molar-refractivity contribution in [2.24, 2.45) is 0 Å². The molecule has 0 aliphatic heterocycles. The zero-order valence-corrected chi connectivity index (χ0v) is 7.44. The minimum absolute atomic E-state index is 0.0537. The number of carbonyl (C=O) groups is 1. The summed E-state index contributed by atoms with van der Waals surface area (Å²) in [6.07, 6.45) is -8.17. The summed E-state index contributed by atoms with van der Waals surface area (Å²) in [4.78, 5) is 10.5. The quantitative estimate of drug-likeness (QED) is 0.521. The molecule has 0 fully saturated rings. The van der Waals surface area contributed by atoms with E-state index in [1.54, 1.807) is 0 Å². The summed E-state index contributed by atoms with van der Waals surface area (Å²) in [6.45, 7) is 0.492. The van der Waals surface area contributed by atoms with Crippen molar-refractivity contribution < 1.29 is 31.8 Å². The van der Waals surface area contributed by atoms with Crippen LogP contribution in [0.25, 0.3) is 0 Å². The van der Waals surface area contributed by atoms with Gasteiger partial charge in [0.25, 0.3) is 6.36 Å². The van der Waals surface area contributed by atoms with E-state index in [4.69, 9.17) is 0 Å². The van der Waals surface area contributed by atoms with E-state index >= 15 is 0 Å². The van der Waals surface area contributed by atoms with E-state index < -0.39 is 31.5 Å². The maximum Gasteiger partial charge on any atom is 0.391 e. The van der Waals surface area contributed by atoms with Gasteiger partial charge in [0, 0.05) is 0 Å². The van der Waals surface area contributed by atoms with Crippen molar-refractivity contribution in [2.75, 3.05) is 13.2 Å². The minimum Gasteiger partial charge on any atom is -0.462 e. The van der Waals surface area contributed by atoms with E-state index in [9.17, 15) is 22.4 Å². The second-order valence-electron chi connectivity index (χ2n) is 2.30. The molecule has 0 bridgehead atoms. The molecule has 1 atom stereocenters. The lowest BCUT2D eigenvalue weighted by molar-refractivity contribution is -0.180. The van der Waals surface area contributed by atoms with Gasteiger partial charge in [0.05, 0.1) is 19.6 Å². The van der Waals surface area contributed by atoms with Crippen molar-refractivity contribution in [1.29, 1.82) is 0 Å². The highest BCUT2D eigenvalue weighted by Gasteiger charge is 2.28. The molecular formula is C7H10F4O3. The Morgan fingerprint density at radius 2 is 2.00 bits per heavy atom. The molecule has 1 unspecified atom stereocenters. The molecule has 0 aliphatic rings. The van der Waals surface area contributed by atoms with Crippen LogP contribution < -0.4 is 0 Å². The Kier molecular flexibility index (Phi) is 5.44. The van der Waals surface area contributed by atoms with Crippen molar-refractivity contribution in [3.63, 3.8) is 0 Å². The molecule has 0 heterocycles. The minimum atomic E-state index is -4.42. The first-order valence-corrected chi connectivity index (χ1v) is 3.86. The van der Waals surface area contributed by atoms with Gasteiger partial charge in [-0.3, -0.25) is 0 Å². The summed E-state index contributed by atoms with van der Waals surface area (Å²) in [6, 6.07) is 0. The van der Waals surface area contributed by atoms with Gasteiger partial charge in [-0.25, -0.2) is 9.18 Å². The molecule has 0 amide bonds. The molecule has 0 aromatic rings. The lowest BCUT2D eigenvalue weighted by Crippen LogP contribution is -2.24. The highest BCUT2D eigenvalue weighted by molar-refractivity contribution is 5.72. The van der Waals surface area contributed by atoms with Crippen LogP contribution in [0.15, 0.2) is 0 Å². The lowest BCUT2D eigenvalue weighted by atomic mass is 10.4. The Labute approximate surface area is 78.0 Å². The number of hydrogen-bond donors (Lipinski definition) is 0. The van der Waals surface area contributed by atoms with Crippen LogP contribution in [0, 0.1) is 0 Å². The second-order valence-corrected chi connectivity index (χ2v) is 2.30. The molecule has 0 spiro atoms. The van der Waals surface area contributed by atoms with Crippen LogP contribution in [-0.4, -0.2) is 31.7 Å². The van der Waals surface area contributed by atoms with Crippen LogP contribution in [0.1, 0.15) is 13.3 Å². The molecule has 0 N–H and O–H groups in total. The number of alkyl halides is 4. The number of carbonyl (C=O) groups excluding carboxylic acids is 1. The number of halogens is 4. The summed E-state index contributed by atoms with van der Waals surface area (Å²) in [5.41, 5.74) is 0. The van der Waals surface area contributed by atoms with Gasteiger partial charge < -0.3 is 9.47 Å². The smallest absolute Gasteiger partial charge is 0.391 e. The molecule has 14 heavy (non-hydrogen) atoms. The summed E-state index contributed by atoms with van der Waals surface area (Å²) in [7, 11) is 0. The van der Waals surface area contributed by atoms with Gasteiger partial charge in [-0.05, 0) is 6.92 Å². The fourth-order valence-electron chi connectivity index (χ4n) is 0.554. The maximum absolute atomic E-state index is 12.5. The zero-order chi connectivity index (χ0) is 11.2. The standard InChI is InChI=1S/C7H10F4O3/c1-2-13-6(12)5(8)14-4-3-7(9,10)11/h5H,2-4H2,1H3. The molecule has 0 aromatic carbocycles. The molecular weight excluding hydrogens is 208 g/mol. The van der Waals surface area contributed by atoms with E-state index in [1.807, 2.05) is 0 Å². The molecule has 0 saturated carbocycles. The number of rotatable bonds is 5. The SMILES string of the molecule is CCOC(=O)C(F)OCCC(F)(F)F. The van der Waals surface area contributed by atoms with Gasteiger partial charge in [0.15, 0.2) is 0 Å². The Hall–Kier alpha value is -0.850. The van der Waals surface area contributed by atoms with Gasteiger partial charge in [-0.15, -0.1) is 0 Å². The highest BCUT2D eigenvalue weighted by atomic mass is 19.4. The average Bonchev–Trinajstić information content (AvgIpc) is 2.02. The predicted octanol–water partition coefficient (Wildman–Crippen LogP) is 1.81. The second kappa shape index (κ2) is 5.79. The topological polar surface area (TPSA) is 35.5 Å². The summed E-state index contributed by atoms with van der Waals surface area (Å²) < 4.78 is 55.2. The fraction of sp³-hybridized carbons (Fsp3) is 0.857. The van der Waals surface area contributed by atoms with E-state index in [2.05, 4.69) is 9.47 Å². The molecule has 0 saturated heterocycles. The van der Waals surface area contributed by atoms with Gasteiger partial charge in [0.2, 0.25) is 0 Å². The van der Waals surface area contributed by atoms with Crippen molar-refractivity contribution in [3.05, 3.63) is 0 Å². The van der Waals surface area contributed by atoms with Crippen molar-refractivity contribution >= 4 is 5.97 Å². The molecule has 0 rings (SSSR count). The van der Waals surface area contributed by atoms with E-state index in [1.165, 1.54) is 6.92 Å². The van der Waals surface area contributed by atoms with Crippen LogP contribution in [0.2, 0.25) is 0 Å². The van der Waals surface area contributed by atoms with Crippen LogP contribution in [0.4, 0.5) is 17.6 Å². The molecule has 0 aromatic heterocycles. The first-order chi connectivity index (χ1) is 6.37. The lowest BCUT2D eigenvalue weighted by Gasteiger charge is -2.09. The molecule has 3 nitrogen and oxygen atoms in total. The van der Waals surface area contributed by atoms with Crippen molar-refractivity contribution in [1.82, 2.24) is 0 Å². The Morgan fingerprint density at radius 1 is 1.43 bits per heavy atom. The number of hydrogen-bond acceptors (Lipinski definition) is 3. The third-order valence-corrected chi connectivity index (χ3v) is 1.12. The van der Waals surface area contributed by atoms with Gasteiger partial charge in [-0.1, -0.05) is 0 Å². The Morgan fingerprint density at radius 3 is 2.43 bits per heavy atom. The monoisotopic (exact) mass is 218 g/mol. The van der Waals surface area contributed by atoms with E-state index in [-0.39, 0.29) is 6.61 Å². The number of ether oxygens (including phenoxy) is 2. The Bertz CT molecular complexity index is 180. The van der Waals surface area contributed by atoms with Crippen LogP contribution >= 0.6 is 0 Å². The Balaban J connectivity index is 3.63. The van der Waals surface area contributed by atoms with Crippen molar-refractivity contribution in [2.45, 2.75) is 25.9 Å². The molecule has 7 heteroatoms. The summed E-state index contributed by atoms with van der Waals surface area (Å²) in [5.74, 6) is -1.31. The van der Waals surface area contributed by atoms with Crippen LogP contribution in [0.3, 0.4) is 0 Å². The molecule has 0 radical (unpaired) electrons. The fourth-order valence-corrected chi connectivity index (χ4v) is 0.554. The maximum atomic E-state index is 12.5. The normalized spacial score (nSPS) is 13.8. The van der Waals surface area contributed by atoms with E-state index in [0.717, 1.165) is 0 Å². The zero-order valence-electron chi connectivity index (χ0n) is 7.44. The first kappa shape index (κ1) is 13.2. The highest BCUT2D eigenvalue weighted by Crippen LogP contribution is 2.19. The van der Waals surface area contributed by atoms with Crippen molar-refractivity contribution in [3.8, 4) is 0 Å². The van der Waals surface area contributed by atoms with Crippen LogP contribution in [-0.2, 0) is 14.3 Å². The molecule has 84 valence electrons. The predicted molar refractivity (Wildman–Crippen MR) is 38.2 cm³/mol. The molecule has 0 aliphatic carbocycles. The average molecular weight is 218 g/mol. The summed E-state index contributed by atoms with van der Waals surface area (Å²) >= 11 is 0. The van der Waals surface area contributed by atoms with Gasteiger partial charge >= 0.3 is 12.1 Å². The third-order valence-electron chi connectivity index (χ3n) is 1.12. The summed E-state index contributed by atoms with van der Waals surface area (Å²) in [5, 5.41) is 0.